The lowest BCUT2D eigenvalue weighted by Gasteiger charge is -2.18. The molecule has 2 aromatic carbocycles. The Kier molecular flexibility index (Phi) is 6.40. The number of amides is 1. The molecule has 0 saturated heterocycles. The van der Waals surface area contributed by atoms with Gasteiger partial charge in [0.25, 0.3) is 11.6 Å². The number of hydrogen-bond donors (Lipinski definition) is 1. The summed E-state index contributed by atoms with van der Waals surface area (Å²) in [5.41, 5.74) is 0.621. The zero-order valence-corrected chi connectivity index (χ0v) is 15.5. The average molecular weight is 426 g/mol. The van der Waals surface area contributed by atoms with Crippen molar-refractivity contribution in [2.24, 2.45) is 0 Å². The van der Waals surface area contributed by atoms with E-state index in [9.17, 15) is 28.1 Å². The van der Waals surface area contributed by atoms with Crippen LogP contribution in [0.2, 0.25) is 0 Å². The molecule has 0 saturated carbocycles. The first-order valence-corrected chi connectivity index (χ1v) is 8.81. The van der Waals surface area contributed by atoms with Crippen molar-refractivity contribution in [1.29, 1.82) is 0 Å². The van der Waals surface area contributed by atoms with Crippen LogP contribution in [0, 0.1) is 10.1 Å². The molecule has 1 heterocycles. The highest BCUT2D eigenvalue weighted by Crippen LogP contribution is 2.36. The molecule has 0 fully saturated rings. The van der Waals surface area contributed by atoms with E-state index in [0.29, 0.717) is 11.1 Å². The van der Waals surface area contributed by atoms with Gasteiger partial charge >= 0.3 is 6.18 Å². The van der Waals surface area contributed by atoms with Crippen LogP contribution in [0.3, 0.4) is 0 Å². The quantitative estimate of drug-likeness (QED) is 0.538. The minimum absolute atomic E-state index is 0.0636. The summed E-state index contributed by atoms with van der Waals surface area (Å²) in [5.74, 6) is -0.218. The molecule has 160 valence electrons. The fourth-order valence-electron chi connectivity index (χ4n) is 2.73. The van der Waals surface area contributed by atoms with Gasteiger partial charge in [0.1, 0.15) is 25.4 Å². The second-order valence-corrected chi connectivity index (χ2v) is 6.38. The lowest BCUT2D eigenvalue weighted by molar-refractivity contribution is -0.385. The first kappa shape index (κ1) is 21.4. The molecule has 30 heavy (non-hydrogen) atoms. The van der Waals surface area contributed by atoms with E-state index in [1.807, 2.05) is 0 Å². The zero-order valence-electron chi connectivity index (χ0n) is 15.5. The summed E-state index contributed by atoms with van der Waals surface area (Å²) in [6.45, 7) is -0.944. The number of nitro benzene ring substituents is 1. The third-order valence-electron chi connectivity index (χ3n) is 4.11. The number of fused-ring (bicyclic) bond motifs is 1. The van der Waals surface area contributed by atoms with Crippen molar-refractivity contribution in [2.75, 3.05) is 19.8 Å². The second kappa shape index (κ2) is 8.99. The molecular weight excluding hydrogens is 409 g/mol. The Balaban J connectivity index is 1.62. The lowest BCUT2D eigenvalue weighted by Crippen LogP contribution is -2.24. The van der Waals surface area contributed by atoms with Gasteiger partial charge in [0.05, 0.1) is 17.6 Å². The number of halogens is 3. The second-order valence-electron chi connectivity index (χ2n) is 6.38. The number of nitrogens with zero attached hydrogens (tertiary/aromatic N) is 1. The van der Waals surface area contributed by atoms with E-state index in [4.69, 9.17) is 9.47 Å². The van der Waals surface area contributed by atoms with Crippen molar-refractivity contribution in [3.63, 3.8) is 0 Å². The summed E-state index contributed by atoms with van der Waals surface area (Å²) in [7, 11) is 0. The maximum Gasteiger partial charge on any atom is 0.411 e. The zero-order chi connectivity index (χ0) is 21.7. The Hall–Kier alpha value is -3.34. The van der Waals surface area contributed by atoms with Gasteiger partial charge in [-0.15, -0.1) is 0 Å². The summed E-state index contributed by atoms with van der Waals surface area (Å²) in [6, 6.07) is 8.80. The van der Waals surface area contributed by atoms with Crippen LogP contribution in [0.5, 0.6) is 11.5 Å². The van der Waals surface area contributed by atoms with Gasteiger partial charge in [-0.3, -0.25) is 14.9 Å². The van der Waals surface area contributed by atoms with Crippen LogP contribution in [-0.4, -0.2) is 36.8 Å². The fourth-order valence-corrected chi connectivity index (χ4v) is 2.73. The van der Waals surface area contributed by atoms with Crippen LogP contribution in [0.15, 0.2) is 36.4 Å². The number of ether oxygens (including phenoxy) is 3. The standard InChI is InChI=1S/C19H17F3N2O6/c20-19(21,22)11-28-10-13-3-1-12(2-4-13)9-23-18(25)14-7-16-17(30-6-5-29-16)8-15(14)24(26)27/h1-4,7-8H,5-6,9-11H2,(H,23,25). The predicted octanol–water partition coefficient (Wildman–Crippen LogP) is 3.37. The summed E-state index contributed by atoms with van der Waals surface area (Å²) in [6.07, 6.45) is -4.39. The lowest BCUT2D eigenvalue weighted by atomic mass is 10.1. The van der Waals surface area contributed by atoms with Crippen molar-refractivity contribution in [1.82, 2.24) is 5.32 Å². The molecule has 0 unspecified atom stereocenters. The van der Waals surface area contributed by atoms with Gasteiger partial charge in [-0.2, -0.15) is 13.2 Å². The van der Waals surface area contributed by atoms with Gasteiger partial charge in [0.15, 0.2) is 11.5 Å². The third-order valence-corrected chi connectivity index (χ3v) is 4.11. The van der Waals surface area contributed by atoms with E-state index in [1.165, 1.54) is 6.07 Å². The van der Waals surface area contributed by atoms with E-state index in [-0.39, 0.29) is 43.4 Å². The van der Waals surface area contributed by atoms with Crippen molar-refractivity contribution in [3.05, 3.63) is 63.2 Å². The highest BCUT2D eigenvalue weighted by atomic mass is 19.4. The first-order chi connectivity index (χ1) is 14.2. The number of carbonyl (C=O) groups is 1. The Bertz CT molecular complexity index is 931. The number of carbonyl (C=O) groups excluding carboxylic acids is 1. The number of rotatable bonds is 7. The average Bonchev–Trinajstić information content (AvgIpc) is 2.71. The van der Waals surface area contributed by atoms with Gasteiger partial charge in [-0.1, -0.05) is 24.3 Å². The van der Waals surface area contributed by atoms with E-state index in [2.05, 4.69) is 10.1 Å². The molecule has 1 N–H and O–H groups in total. The molecule has 1 aliphatic heterocycles. The van der Waals surface area contributed by atoms with Gasteiger partial charge in [-0.05, 0) is 11.1 Å². The molecule has 11 heteroatoms. The Labute approximate surface area is 168 Å². The number of nitrogens with one attached hydrogen (secondary N) is 1. The van der Waals surface area contributed by atoms with E-state index in [1.54, 1.807) is 24.3 Å². The Morgan fingerprint density at radius 2 is 1.70 bits per heavy atom. The fraction of sp³-hybridized carbons (Fsp3) is 0.316. The molecule has 2 aromatic rings. The van der Waals surface area contributed by atoms with Gasteiger partial charge < -0.3 is 19.5 Å². The highest BCUT2D eigenvalue weighted by molar-refractivity contribution is 5.99. The SMILES string of the molecule is O=C(NCc1ccc(COCC(F)(F)F)cc1)c1cc2c(cc1[N+](=O)[O-])OCCO2. The summed E-state index contributed by atoms with van der Waals surface area (Å²) < 4.78 is 51.5. The van der Waals surface area contributed by atoms with Crippen LogP contribution >= 0.6 is 0 Å². The Morgan fingerprint density at radius 1 is 1.10 bits per heavy atom. The normalized spacial score (nSPS) is 13.0. The monoisotopic (exact) mass is 426 g/mol. The van der Waals surface area contributed by atoms with E-state index in [0.717, 1.165) is 6.07 Å². The van der Waals surface area contributed by atoms with Crippen molar-refractivity contribution in [3.8, 4) is 11.5 Å². The van der Waals surface area contributed by atoms with Gasteiger partial charge in [0, 0.05) is 12.6 Å². The van der Waals surface area contributed by atoms with Crippen LogP contribution < -0.4 is 14.8 Å². The smallest absolute Gasteiger partial charge is 0.411 e. The molecule has 0 aromatic heterocycles. The van der Waals surface area contributed by atoms with Gasteiger partial charge in [-0.25, -0.2) is 0 Å². The molecule has 3 rings (SSSR count). The molecule has 0 atom stereocenters. The van der Waals surface area contributed by atoms with Crippen molar-refractivity contribution < 1.29 is 37.1 Å². The summed E-state index contributed by atoms with van der Waals surface area (Å²) >= 11 is 0. The topological polar surface area (TPSA) is 99.9 Å². The molecule has 0 bridgehead atoms. The predicted molar refractivity (Wildman–Crippen MR) is 97.4 cm³/mol. The Morgan fingerprint density at radius 3 is 2.30 bits per heavy atom. The maximum atomic E-state index is 12.5. The number of alkyl halides is 3. The van der Waals surface area contributed by atoms with E-state index >= 15 is 0 Å². The number of nitro groups is 1. The minimum Gasteiger partial charge on any atom is -0.486 e. The third kappa shape index (κ3) is 5.60. The van der Waals surface area contributed by atoms with Crippen molar-refractivity contribution in [2.45, 2.75) is 19.3 Å². The number of benzene rings is 2. The molecule has 0 aliphatic carbocycles. The molecule has 8 nitrogen and oxygen atoms in total. The molecule has 1 amide bonds. The van der Waals surface area contributed by atoms with Crippen LogP contribution in [0.4, 0.5) is 18.9 Å². The molecular formula is C19H17F3N2O6. The van der Waals surface area contributed by atoms with Crippen LogP contribution in [0.25, 0.3) is 0 Å². The van der Waals surface area contributed by atoms with Gasteiger partial charge in [0.2, 0.25) is 0 Å². The molecule has 0 radical (unpaired) electrons. The van der Waals surface area contributed by atoms with Crippen molar-refractivity contribution >= 4 is 11.6 Å². The molecule has 0 spiro atoms. The summed E-state index contributed by atoms with van der Waals surface area (Å²) in [4.78, 5) is 23.1. The maximum absolute atomic E-state index is 12.5. The van der Waals surface area contributed by atoms with Crippen LogP contribution in [-0.2, 0) is 17.9 Å². The van der Waals surface area contributed by atoms with Crippen LogP contribution in [0.1, 0.15) is 21.5 Å². The molecule has 1 aliphatic rings. The van der Waals surface area contributed by atoms with E-state index < -0.39 is 29.3 Å². The largest absolute Gasteiger partial charge is 0.486 e. The number of hydrogen-bond acceptors (Lipinski definition) is 6. The highest BCUT2D eigenvalue weighted by Gasteiger charge is 2.27. The minimum atomic E-state index is -4.39. The first-order valence-electron chi connectivity index (χ1n) is 8.81. The summed E-state index contributed by atoms with van der Waals surface area (Å²) in [5, 5.41) is 13.9.